The average Bonchev–Trinajstić information content (AvgIpc) is 2.48. The van der Waals surface area contributed by atoms with Crippen LogP contribution >= 0.6 is 0 Å². The highest BCUT2D eigenvalue weighted by molar-refractivity contribution is 6.04. The van der Waals surface area contributed by atoms with Crippen LogP contribution < -0.4 is 10.9 Å². The summed E-state index contributed by atoms with van der Waals surface area (Å²) >= 11 is 0. The van der Waals surface area contributed by atoms with Gasteiger partial charge in [-0.05, 0) is 36.6 Å². The lowest BCUT2D eigenvalue weighted by Gasteiger charge is -2.07. The van der Waals surface area contributed by atoms with Crippen LogP contribution in [0.1, 0.15) is 22.3 Å². The SMILES string of the molecule is Cn1ccc(C(=O)Nc2cccc(CCCO)c2)cc1=O. The molecule has 1 heterocycles. The van der Waals surface area contributed by atoms with Crippen LogP contribution in [0.5, 0.6) is 0 Å². The first-order valence-electron chi connectivity index (χ1n) is 6.78. The predicted octanol–water partition coefficient (Wildman–Crippen LogP) is 1.56. The molecule has 0 saturated carbocycles. The number of aliphatic hydroxyl groups is 1. The summed E-state index contributed by atoms with van der Waals surface area (Å²) in [6, 6.07) is 10.4. The first-order chi connectivity index (χ1) is 10.1. The van der Waals surface area contributed by atoms with E-state index in [1.54, 1.807) is 25.4 Å². The van der Waals surface area contributed by atoms with Gasteiger partial charge in [0.05, 0.1) is 0 Å². The number of carbonyl (C=O) groups excluding carboxylic acids is 1. The van der Waals surface area contributed by atoms with Gasteiger partial charge in [-0.3, -0.25) is 9.59 Å². The van der Waals surface area contributed by atoms with Crippen LogP contribution in [-0.2, 0) is 13.5 Å². The minimum atomic E-state index is -0.313. The topological polar surface area (TPSA) is 71.3 Å². The van der Waals surface area contributed by atoms with E-state index >= 15 is 0 Å². The molecule has 0 fully saturated rings. The standard InChI is InChI=1S/C16H18N2O3/c1-18-8-7-13(11-15(18)20)16(21)17-14-6-2-4-12(10-14)5-3-9-19/h2,4,6-8,10-11,19H,3,5,9H2,1H3,(H,17,21). The van der Waals surface area contributed by atoms with Gasteiger partial charge in [0.25, 0.3) is 11.5 Å². The summed E-state index contributed by atoms with van der Waals surface area (Å²) in [5, 5.41) is 11.6. The highest BCUT2D eigenvalue weighted by Gasteiger charge is 2.07. The fraction of sp³-hybridized carbons (Fsp3) is 0.250. The van der Waals surface area contributed by atoms with Gasteiger partial charge < -0.3 is 15.0 Å². The van der Waals surface area contributed by atoms with E-state index in [1.165, 1.54) is 10.6 Å². The van der Waals surface area contributed by atoms with Crippen LogP contribution in [0.4, 0.5) is 5.69 Å². The van der Waals surface area contributed by atoms with Crippen LogP contribution in [-0.4, -0.2) is 22.2 Å². The highest BCUT2D eigenvalue weighted by Crippen LogP contribution is 2.13. The van der Waals surface area contributed by atoms with Gasteiger partial charge in [0.15, 0.2) is 0 Å². The molecule has 2 N–H and O–H groups in total. The molecule has 0 aliphatic carbocycles. The second kappa shape index (κ2) is 6.85. The largest absolute Gasteiger partial charge is 0.396 e. The Balaban J connectivity index is 2.11. The maximum absolute atomic E-state index is 12.1. The minimum absolute atomic E-state index is 0.143. The quantitative estimate of drug-likeness (QED) is 0.876. The molecule has 0 spiro atoms. The molecule has 0 unspecified atom stereocenters. The van der Waals surface area contributed by atoms with Crippen molar-refractivity contribution < 1.29 is 9.90 Å². The van der Waals surface area contributed by atoms with Gasteiger partial charge in [0.2, 0.25) is 0 Å². The second-order valence-electron chi connectivity index (χ2n) is 4.85. The summed E-state index contributed by atoms with van der Waals surface area (Å²) in [5.41, 5.74) is 1.83. The average molecular weight is 286 g/mol. The molecule has 0 aliphatic heterocycles. The Morgan fingerprint density at radius 1 is 1.29 bits per heavy atom. The molecule has 0 atom stereocenters. The first-order valence-corrected chi connectivity index (χ1v) is 6.78. The number of aromatic nitrogens is 1. The number of nitrogens with one attached hydrogen (secondary N) is 1. The molecule has 2 aromatic rings. The number of anilines is 1. The number of hydrogen-bond acceptors (Lipinski definition) is 3. The van der Waals surface area contributed by atoms with Crippen molar-refractivity contribution in [1.29, 1.82) is 0 Å². The molecular weight excluding hydrogens is 268 g/mol. The zero-order valence-corrected chi connectivity index (χ0v) is 11.9. The van der Waals surface area contributed by atoms with Crippen LogP contribution in [0.15, 0.2) is 47.4 Å². The molecule has 1 aromatic carbocycles. The van der Waals surface area contributed by atoms with E-state index in [1.807, 2.05) is 18.2 Å². The van der Waals surface area contributed by atoms with Crippen molar-refractivity contribution in [2.24, 2.45) is 7.05 Å². The molecule has 5 nitrogen and oxygen atoms in total. The fourth-order valence-corrected chi connectivity index (χ4v) is 1.98. The van der Waals surface area contributed by atoms with Crippen molar-refractivity contribution in [3.05, 3.63) is 64.1 Å². The third kappa shape index (κ3) is 4.03. The van der Waals surface area contributed by atoms with E-state index in [0.717, 1.165) is 12.0 Å². The van der Waals surface area contributed by atoms with Gasteiger partial charge in [-0.2, -0.15) is 0 Å². The van der Waals surface area contributed by atoms with E-state index < -0.39 is 0 Å². The van der Waals surface area contributed by atoms with Crippen LogP contribution in [0.3, 0.4) is 0 Å². The van der Waals surface area contributed by atoms with E-state index in [-0.39, 0.29) is 18.1 Å². The molecule has 1 aromatic heterocycles. The van der Waals surface area contributed by atoms with Gasteiger partial charge >= 0.3 is 0 Å². The molecule has 110 valence electrons. The monoisotopic (exact) mass is 286 g/mol. The maximum atomic E-state index is 12.1. The molecule has 1 amide bonds. The van der Waals surface area contributed by atoms with Gasteiger partial charge in [-0.1, -0.05) is 12.1 Å². The summed E-state index contributed by atoms with van der Waals surface area (Å²) < 4.78 is 1.41. The summed E-state index contributed by atoms with van der Waals surface area (Å²) in [6.07, 6.45) is 3.01. The lowest BCUT2D eigenvalue weighted by molar-refractivity contribution is 0.102. The zero-order valence-electron chi connectivity index (χ0n) is 11.9. The fourth-order valence-electron chi connectivity index (χ4n) is 1.98. The number of nitrogens with zero attached hydrogens (tertiary/aromatic N) is 1. The number of amides is 1. The summed E-state index contributed by atoms with van der Waals surface area (Å²) in [7, 11) is 1.63. The lowest BCUT2D eigenvalue weighted by atomic mass is 10.1. The smallest absolute Gasteiger partial charge is 0.255 e. The van der Waals surface area contributed by atoms with Crippen molar-refractivity contribution in [2.45, 2.75) is 12.8 Å². The van der Waals surface area contributed by atoms with E-state index in [9.17, 15) is 9.59 Å². The minimum Gasteiger partial charge on any atom is -0.396 e. The first kappa shape index (κ1) is 15.0. The molecule has 0 aliphatic rings. The Labute approximate surface area is 122 Å². The van der Waals surface area contributed by atoms with Crippen LogP contribution in [0.25, 0.3) is 0 Å². The molecule has 0 saturated heterocycles. The zero-order chi connectivity index (χ0) is 15.2. The second-order valence-corrected chi connectivity index (χ2v) is 4.85. The number of benzene rings is 1. The Bertz CT molecular complexity index is 692. The van der Waals surface area contributed by atoms with Gasteiger partial charge in [0, 0.05) is 37.2 Å². The molecule has 21 heavy (non-hydrogen) atoms. The number of pyridine rings is 1. The van der Waals surface area contributed by atoms with Crippen molar-refractivity contribution in [3.63, 3.8) is 0 Å². The number of aliphatic hydroxyl groups excluding tert-OH is 1. The van der Waals surface area contributed by atoms with Crippen molar-refractivity contribution >= 4 is 11.6 Å². The number of aryl methyl sites for hydroxylation is 2. The van der Waals surface area contributed by atoms with Crippen molar-refractivity contribution in [1.82, 2.24) is 4.57 Å². The number of carbonyl (C=O) groups is 1. The van der Waals surface area contributed by atoms with E-state index in [4.69, 9.17) is 5.11 Å². The van der Waals surface area contributed by atoms with Gasteiger partial charge in [0.1, 0.15) is 0 Å². The van der Waals surface area contributed by atoms with Gasteiger partial charge in [-0.25, -0.2) is 0 Å². The Hall–Kier alpha value is -2.40. The Kier molecular flexibility index (Phi) is 4.90. The number of hydrogen-bond donors (Lipinski definition) is 2. The molecule has 0 bridgehead atoms. The highest BCUT2D eigenvalue weighted by atomic mass is 16.3. The number of rotatable bonds is 5. The predicted molar refractivity (Wildman–Crippen MR) is 81.5 cm³/mol. The molecule has 2 rings (SSSR count). The Morgan fingerprint density at radius 2 is 2.10 bits per heavy atom. The maximum Gasteiger partial charge on any atom is 0.255 e. The van der Waals surface area contributed by atoms with Crippen LogP contribution in [0.2, 0.25) is 0 Å². The normalized spacial score (nSPS) is 10.4. The molecule has 5 heteroatoms. The van der Waals surface area contributed by atoms with E-state index in [0.29, 0.717) is 17.7 Å². The van der Waals surface area contributed by atoms with E-state index in [2.05, 4.69) is 5.32 Å². The van der Waals surface area contributed by atoms with Crippen molar-refractivity contribution in [3.8, 4) is 0 Å². The van der Waals surface area contributed by atoms with Crippen molar-refractivity contribution in [2.75, 3.05) is 11.9 Å². The van der Waals surface area contributed by atoms with Gasteiger partial charge in [-0.15, -0.1) is 0 Å². The molecule has 0 radical (unpaired) electrons. The third-order valence-corrected chi connectivity index (χ3v) is 3.17. The summed E-state index contributed by atoms with van der Waals surface area (Å²) in [6.45, 7) is 0.143. The summed E-state index contributed by atoms with van der Waals surface area (Å²) in [4.78, 5) is 23.6. The van der Waals surface area contributed by atoms with Crippen LogP contribution in [0, 0.1) is 0 Å². The lowest BCUT2D eigenvalue weighted by Crippen LogP contribution is -2.20. The summed E-state index contributed by atoms with van der Waals surface area (Å²) in [5.74, 6) is -0.313. The third-order valence-electron chi connectivity index (χ3n) is 3.17. The molecular formula is C16H18N2O3. The Morgan fingerprint density at radius 3 is 2.81 bits per heavy atom.